The highest BCUT2D eigenvalue weighted by atomic mass is 127. The second-order valence-corrected chi connectivity index (χ2v) is 7.31. The molecule has 0 amide bonds. The van der Waals surface area contributed by atoms with Crippen molar-refractivity contribution in [3.05, 3.63) is 29.3 Å². The Bertz CT molecular complexity index is 602. The van der Waals surface area contributed by atoms with Crippen molar-refractivity contribution in [1.29, 1.82) is 0 Å². The van der Waals surface area contributed by atoms with Gasteiger partial charge in [-0.3, -0.25) is 4.99 Å². The van der Waals surface area contributed by atoms with Gasteiger partial charge < -0.3 is 24.6 Å². The number of ether oxygens (including phenoxy) is 2. The smallest absolute Gasteiger partial charge is 0.193 e. The molecular weight excluding hydrogens is 467 g/mol. The highest BCUT2D eigenvalue weighted by Crippen LogP contribution is 2.18. The van der Waals surface area contributed by atoms with Gasteiger partial charge in [0.15, 0.2) is 5.96 Å². The van der Waals surface area contributed by atoms with Crippen LogP contribution in [-0.2, 0) is 16.0 Å². The first kappa shape index (κ1) is 25.0. The number of rotatable bonds is 8. The lowest BCUT2D eigenvalue weighted by molar-refractivity contribution is 0.00989. The Morgan fingerprint density at radius 3 is 2.54 bits per heavy atom. The Morgan fingerprint density at radius 1 is 1.25 bits per heavy atom. The summed E-state index contributed by atoms with van der Waals surface area (Å²) in [6.07, 6.45) is 3.41. The molecule has 0 aromatic heterocycles. The van der Waals surface area contributed by atoms with Gasteiger partial charge in [0.25, 0.3) is 0 Å². The third-order valence-electron chi connectivity index (χ3n) is 5.08. The van der Waals surface area contributed by atoms with Crippen LogP contribution in [0.2, 0.25) is 0 Å². The summed E-state index contributed by atoms with van der Waals surface area (Å²) in [4.78, 5) is 8.94. The number of methoxy groups -OCH3 is 1. The summed E-state index contributed by atoms with van der Waals surface area (Å²) in [5.41, 5.74) is 3.83. The molecular formula is C21H37IN4O2. The van der Waals surface area contributed by atoms with Gasteiger partial charge in [-0.2, -0.15) is 0 Å². The molecule has 160 valence electrons. The summed E-state index contributed by atoms with van der Waals surface area (Å²) in [6, 6.07) is 6.59. The van der Waals surface area contributed by atoms with Gasteiger partial charge in [-0.1, -0.05) is 6.07 Å². The summed E-state index contributed by atoms with van der Waals surface area (Å²) in [7, 11) is 7.73. The minimum atomic E-state index is 0. The first-order valence-corrected chi connectivity index (χ1v) is 9.88. The minimum Gasteiger partial charge on any atom is -0.385 e. The molecule has 0 atom stereocenters. The number of benzene rings is 1. The molecule has 1 saturated heterocycles. The molecule has 1 aliphatic heterocycles. The van der Waals surface area contributed by atoms with E-state index in [-0.39, 0.29) is 24.0 Å². The van der Waals surface area contributed by atoms with E-state index in [0.717, 1.165) is 58.1 Å². The third-order valence-corrected chi connectivity index (χ3v) is 5.08. The molecule has 0 saturated carbocycles. The topological polar surface area (TPSA) is 49.3 Å². The van der Waals surface area contributed by atoms with Crippen LogP contribution in [0.4, 0.5) is 5.69 Å². The van der Waals surface area contributed by atoms with Crippen LogP contribution in [0.15, 0.2) is 23.2 Å². The summed E-state index contributed by atoms with van der Waals surface area (Å²) >= 11 is 0. The van der Waals surface area contributed by atoms with Crippen molar-refractivity contribution in [3.8, 4) is 0 Å². The third kappa shape index (κ3) is 7.75. The molecule has 1 aromatic rings. The average Bonchev–Trinajstić information content (AvgIpc) is 2.67. The van der Waals surface area contributed by atoms with Crippen molar-refractivity contribution in [2.75, 3.05) is 59.5 Å². The van der Waals surface area contributed by atoms with E-state index in [0.29, 0.717) is 6.10 Å². The number of halogens is 1. The zero-order valence-corrected chi connectivity index (χ0v) is 20.4. The summed E-state index contributed by atoms with van der Waals surface area (Å²) in [5, 5.41) is 3.52. The van der Waals surface area contributed by atoms with E-state index in [1.54, 1.807) is 7.11 Å². The minimum absolute atomic E-state index is 0. The van der Waals surface area contributed by atoms with Gasteiger partial charge in [-0.15, -0.1) is 24.0 Å². The van der Waals surface area contributed by atoms with Crippen LogP contribution in [0.5, 0.6) is 0 Å². The normalized spacial score (nSPS) is 15.3. The van der Waals surface area contributed by atoms with Gasteiger partial charge in [0.05, 0.1) is 6.10 Å². The second-order valence-electron chi connectivity index (χ2n) is 7.31. The molecule has 0 unspecified atom stereocenters. The highest BCUT2D eigenvalue weighted by molar-refractivity contribution is 14.0. The van der Waals surface area contributed by atoms with E-state index in [1.807, 2.05) is 7.05 Å². The van der Waals surface area contributed by atoms with Crippen molar-refractivity contribution >= 4 is 35.6 Å². The van der Waals surface area contributed by atoms with Crippen LogP contribution >= 0.6 is 24.0 Å². The number of anilines is 1. The van der Waals surface area contributed by atoms with Gasteiger partial charge in [0, 0.05) is 66.8 Å². The SMILES string of the molecule is CN=C(NCc1ccc(N(C)C)cc1C)N1CCC(OCCCOC)CC1.I. The molecule has 1 aliphatic rings. The van der Waals surface area contributed by atoms with Crippen molar-refractivity contribution in [3.63, 3.8) is 0 Å². The number of aliphatic imine (C=N–C) groups is 1. The van der Waals surface area contributed by atoms with Gasteiger partial charge in [0.1, 0.15) is 0 Å². The summed E-state index contributed by atoms with van der Waals surface area (Å²) < 4.78 is 11.0. The van der Waals surface area contributed by atoms with Crippen molar-refractivity contribution in [1.82, 2.24) is 10.2 Å². The van der Waals surface area contributed by atoms with Gasteiger partial charge in [-0.25, -0.2) is 0 Å². The van der Waals surface area contributed by atoms with Gasteiger partial charge >= 0.3 is 0 Å². The van der Waals surface area contributed by atoms with Gasteiger partial charge in [-0.05, 0) is 49.4 Å². The van der Waals surface area contributed by atoms with E-state index >= 15 is 0 Å². The maximum Gasteiger partial charge on any atom is 0.193 e. The monoisotopic (exact) mass is 504 g/mol. The van der Waals surface area contributed by atoms with Crippen LogP contribution in [-0.4, -0.2) is 71.5 Å². The lowest BCUT2D eigenvalue weighted by Crippen LogP contribution is -2.46. The average molecular weight is 504 g/mol. The molecule has 1 aromatic carbocycles. The zero-order valence-electron chi connectivity index (χ0n) is 18.0. The number of hydrogen-bond acceptors (Lipinski definition) is 4. The fourth-order valence-electron chi connectivity index (χ4n) is 3.35. The van der Waals surface area contributed by atoms with Crippen molar-refractivity contribution in [2.45, 2.75) is 38.8 Å². The highest BCUT2D eigenvalue weighted by Gasteiger charge is 2.21. The van der Waals surface area contributed by atoms with Crippen LogP contribution in [0.3, 0.4) is 0 Å². The summed E-state index contributed by atoms with van der Waals surface area (Å²) in [6.45, 7) is 6.47. The molecule has 0 bridgehead atoms. The molecule has 28 heavy (non-hydrogen) atoms. The molecule has 1 heterocycles. The molecule has 1 fully saturated rings. The Labute approximate surface area is 187 Å². The summed E-state index contributed by atoms with van der Waals surface area (Å²) in [5.74, 6) is 0.976. The van der Waals surface area contributed by atoms with E-state index in [2.05, 4.69) is 59.3 Å². The largest absolute Gasteiger partial charge is 0.385 e. The number of likely N-dealkylation sites (tertiary alicyclic amines) is 1. The molecule has 1 N–H and O–H groups in total. The van der Waals surface area contributed by atoms with Crippen molar-refractivity contribution in [2.24, 2.45) is 4.99 Å². The number of nitrogens with one attached hydrogen (secondary N) is 1. The van der Waals surface area contributed by atoms with E-state index in [9.17, 15) is 0 Å². The molecule has 0 radical (unpaired) electrons. The maximum absolute atomic E-state index is 5.95. The second kappa shape index (κ2) is 13.2. The zero-order chi connectivity index (χ0) is 19.6. The van der Waals surface area contributed by atoms with E-state index < -0.39 is 0 Å². The Morgan fingerprint density at radius 2 is 1.96 bits per heavy atom. The van der Waals surface area contributed by atoms with Crippen molar-refractivity contribution < 1.29 is 9.47 Å². The lowest BCUT2D eigenvalue weighted by atomic mass is 10.1. The standard InChI is InChI=1S/C21H36N4O2.HI/c1-17-15-19(24(3)4)8-7-18(17)16-23-21(22-2)25-11-9-20(10-12-25)27-14-6-13-26-5;/h7-8,15,20H,6,9-14,16H2,1-5H3,(H,22,23);1H. The Kier molecular flexibility index (Phi) is 11.8. The number of hydrogen-bond donors (Lipinski definition) is 1. The van der Waals surface area contributed by atoms with Crippen LogP contribution in [0.25, 0.3) is 0 Å². The Balaban J connectivity index is 0.00000392. The quantitative estimate of drug-likeness (QED) is 0.255. The van der Waals surface area contributed by atoms with Crippen LogP contribution in [0.1, 0.15) is 30.4 Å². The fraction of sp³-hybridized carbons (Fsp3) is 0.667. The lowest BCUT2D eigenvalue weighted by Gasteiger charge is -2.34. The number of nitrogens with zero attached hydrogens (tertiary/aromatic N) is 3. The molecule has 0 aliphatic carbocycles. The first-order valence-electron chi connectivity index (χ1n) is 9.88. The molecule has 2 rings (SSSR count). The Hall–Kier alpha value is -1.06. The van der Waals surface area contributed by atoms with E-state index in [1.165, 1.54) is 16.8 Å². The van der Waals surface area contributed by atoms with Gasteiger partial charge in [0.2, 0.25) is 0 Å². The van der Waals surface area contributed by atoms with Crippen LogP contribution in [0, 0.1) is 6.92 Å². The fourth-order valence-corrected chi connectivity index (χ4v) is 3.35. The number of aryl methyl sites for hydroxylation is 1. The molecule has 7 heteroatoms. The number of guanidine groups is 1. The number of piperidine rings is 1. The predicted octanol–water partition coefficient (Wildman–Crippen LogP) is 3.27. The van der Waals surface area contributed by atoms with E-state index in [4.69, 9.17) is 9.47 Å². The van der Waals surface area contributed by atoms with Crippen LogP contribution < -0.4 is 10.2 Å². The predicted molar refractivity (Wildman–Crippen MR) is 128 cm³/mol. The molecule has 6 nitrogen and oxygen atoms in total. The molecule has 0 spiro atoms. The first-order chi connectivity index (χ1) is 13.0. The maximum atomic E-state index is 5.95.